The third-order valence-corrected chi connectivity index (χ3v) is 5.35. The molecule has 1 aromatic carbocycles. The fourth-order valence-corrected chi connectivity index (χ4v) is 3.42. The smallest absolute Gasteiger partial charge is 0.180 e. The van der Waals surface area contributed by atoms with Crippen molar-refractivity contribution in [3.8, 4) is 6.07 Å². The van der Waals surface area contributed by atoms with Crippen molar-refractivity contribution in [2.75, 3.05) is 0 Å². The Balaban J connectivity index is 2.01. The molecular weight excluding hydrogens is 336 g/mol. The number of carbonyl (C=O) groups excluding carboxylic acids is 2. The maximum Gasteiger partial charge on any atom is 0.180 e. The lowest BCUT2D eigenvalue weighted by Gasteiger charge is -2.16. The molecule has 0 aliphatic heterocycles. The Morgan fingerprint density at radius 2 is 1.93 bits per heavy atom. The number of benzene rings is 1. The Labute approximate surface area is 160 Å². The predicted octanol–water partition coefficient (Wildman–Crippen LogP) is 4.95. The molecule has 2 aromatic rings. The number of Topliss-reactive ketones (excluding diaryl/α,β-unsaturated/α-hetero) is 2. The Bertz CT molecular complexity index is 883. The van der Waals surface area contributed by atoms with Crippen molar-refractivity contribution in [1.29, 1.82) is 5.26 Å². The number of ketones is 2. The molecular formula is C23H24N2O2. The van der Waals surface area contributed by atoms with Gasteiger partial charge in [0.25, 0.3) is 0 Å². The lowest BCUT2D eigenvalue weighted by Crippen LogP contribution is -2.12. The topological polar surface area (TPSA) is 70.8 Å². The van der Waals surface area contributed by atoms with Crippen molar-refractivity contribution in [3.63, 3.8) is 0 Å². The number of aromatic nitrogens is 1. The Hall–Kier alpha value is -2.80. The molecule has 1 heterocycles. The van der Waals surface area contributed by atoms with Crippen LogP contribution in [0.1, 0.15) is 77.6 Å². The molecule has 1 fully saturated rings. The zero-order valence-corrected chi connectivity index (χ0v) is 15.8. The summed E-state index contributed by atoms with van der Waals surface area (Å²) in [5.41, 5.74) is 2.44. The fourth-order valence-electron chi connectivity index (χ4n) is 3.42. The van der Waals surface area contributed by atoms with Crippen molar-refractivity contribution in [2.24, 2.45) is 11.8 Å². The summed E-state index contributed by atoms with van der Waals surface area (Å²) in [6.07, 6.45) is 2.18. The van der Waals surface area contributed by atoms with Gasteiger partial charge in [-0.2, -0.15) is 5.26 Å². The van der Waals surface area contributed by atoms with Crippen molar-refractivity contribution in [2.45, 2.75) is 45.4 Å². The summed E-state index contributed by atoms with van der Waals surface area (Å²) < 4.78 is 0. The molecule has 1 saturated carbocycles. The van der Waals surface area contributed by atoms with Gasteiger partial charge in [0, 0.05) is 30.7 Å². The molecule has 0 radical (unpaired) electrons. The van der Waals surface area contributed by atoms with E-state index in [0.29, 0.717) is 41.6 Å². The standard InChI is InChI=1S/C23H24N2O2/c1-3-22(26)21-13-18(23(27)14-17-11-15(17)2)12-20(25-21)19(9-10-24)16-7-5-4-6-8-16/h4-8,12-13,15,17,19H,3,9,11,14H2,1-2H3/t15-,17+,19-/m0/s1. The number of carbonyl (C=O) groups is 2. The highest BCUT2D eigenvalue weighted by atomic mass is 16.1. The molecule has 0 unspecified atom stereocenters. The van der Waals surface area contributed by atoms with Crippen LogP contribution in [-0.2, 0) is 0 Å². The quantitative estimate of drug-likeness (QED) is 0.625. The van der Waals surface area contributed by atoms with E-state index in [2.05, 4.69) is 18.0 Å². The summed E-state index contributed by atoms with van der Waals surface area (Å²) in [7, 11) is 0. The van der Waals surface area contributed by atoms with Crippen molar-refractivity contribution >= 4 is 11.6 Å². The second-order valence-corrected chi connectivity index (χ2v) is 7.37. The minimum Gasteiger partial charge on any atom is -0.294 e. The third kappa shape index (κ3) is 4.49. The minimum absolute atomic E-state index is 0.0573. The normalized spacial score (nSPS) is 19.1. The summed E-state index contributed by atoms with van der Waals surface area (Å²) in [6, 6.07) is 15.3. The largest absolute Gasteiger partial charge is 0.294 e. The van der Waals surface area contributed by atoms with E-state index in [1.54, 1.807) is 19.1 Å². The van der Waals surface area contributed by atoms with Crippen LogP contribution in [0.3, 0.4) is 0 Å². The van der Waals surface area contributed by atoms with Crippen LogP contribution in [0.5, 0.6) is 0 Å². The molecule has 4 nitrogen and oxygen atoms in total. The molecule has 1 aliphatic rings. The predicted molar refractivity (Wildman–Crippen MR) is 104 cm³/mol. The van der Waals surface area contributed by atoms with Crippen LogP contribution < -0.4 is 0 Å². The Kier molecular flexibility index (Phi) is 5.81. The van der Waals surface area contributed by atoms with Gasteiger partial charge in [-0.25, -0.2) is 4.98 Å². The van der Waals surface area contributed by atoms with Crippen molar-refractivity contribution in [3.05, 3.63) is 65.0 Å². The monoisotopic (exact) mass is 360 g/mol. The molecule has 27 heavy (non-hydrogen) atoms. The van der Waals surface area contributed by atoms with Crippen LogP contribution in [0.25, 0.3) is 0 Å². The lowest BCUT2D eigenvalue weighted by molar-refractivity contribution is 0.0974. The second kappa shape index (κ2) is 8.26. The molecule has 0 N–H and O–H groups in total. The first-order valence-electron chi connectivity index (χ1n) is 9.53. The van der Waals surface area contributed by atoms with Gasteiger partial charge in [-0.1, -0.05) is 44.2 Å². The maximum absolute atomic E-state index is 12.8. The van der Waals surface area contributed by atoms with Gasteiger partial charge in [-0.15, -0.1) is 0 Å². The molecule has 1 aromatic heterocycles. The molecule has 0 bridgehead atoms. The van der Waals surface area contributed by atoms with Crippen LogP contribution >= 0.6 is 0 Å². The highest BCUT2D eigenvalue weighted by Crippen LogP contribution is 2.41. The van der Waals surface area contributed by atoms with E-state index in [-0.39, 0.29) is 23.9 Å². The van der Waals surface area contributed by atoms with Gasteiger partial charge in [-0.3, -0.25) is 9.59 Å². The maximum atomic E-state index is 12.8. The number of rotatable bonds is 8. The van der Waals surface area contributed by atoms with Gasteiger partial charge < -0.3 is 0 Å². The van der Waals surface area contributed by atoms with Gasteiger partial charge in [-0.05, 0) is 36.0 Å². The van der Waals surface area contributed by atoms with Crippen molar-refractivity contribution < 1.29 is 9.59 Å². The number of nitrogens with zero attached hydrogens (tertiary/aromatic N) is 2. The molecule has 0 amide bonds. The van der Waals surface area contributed by atoms with Crippen LogP contribution in [0.2, 0.25) is 0 Å². The average Bonchev–Trinajstić information content (AvgIpc) is 3.39. The van der Waals surface area contributed by atoms with E-state index in [1.807, 2.05) is 30.3 Å². The fraction of sp³-hybridized carbons (Fsp3) is 0.391. The van der Waals surface area contributed by atoms with Gasteiger partial charge >= 0.3 is 0 Å². The summed E-state index contributed by atoms with van der Waals surface area (Å²) >= 11 is 0. The number of hydrogen-bond acceptors (Lipinski definition) is 4. The van der Waals surface area contributed by atoms with Gasteiger partial charge in [0.15, 0.2) is 11.6 Å². The van der Waals surface area contributed by atoms with Gasteiger partial charge in [0.1, 0.15) is 5.69 Å². The van der Waals surface area contributed by atoms with E-state index in [4.69, 9.17) is 0 Å². The molecule has 0 saturated heterocycles. The summed E-state index contributed by atoms with van der Waals surface area (Å²) in [4.78, 5) is 29.6. The van der Waals surface area contributed by atoms with Crippen LogP contribution in [0, 0.1) is 23.2 Å². The number of hydrogen-bond donors (Lipinski definition) is 0. The van der Waals surface area contributed by atoms with E-state index in [0.717, 1.165) is 12.0 Å². The van der Waals surface area contributed by atoms with Gasteiger partial charge in [0.05, 0.1) is 11.8 Å². The van der Waals surface area contributed by atoms with Crippen molar-refractivity contribution in [1.82, 2.24) is 4.98 Å². The van der Waals surface area contributed by atoms with Crippen LogP contribution in [0.15, 0.2) is 42.5 Å². The minimum atomic E-state index is -0.257. The highest BCUT2D eigenvalue weighted by molar-refractivity contribution is 6.00. The first-order chi connectivity index (χ1) is 13.0. The molecule has 3 rings (SSSR count). The van der Waals surface area contributed by atoms with Crippen LogP contribution in [0.4, 0.5) is 0 Å². The van der Waals surface area contributed by atoms with Crippen LogP contribution in [-0.4, -0.2) is 16.6 Å². The molecule has 4 heteroatoms. The van der Waals surface area contributed by atoms with E-state index in [1.165, 1.54) is 0 Å². The first-order valence-corrected chi connectivity index (χ1v) is 9.53. The highest BCUT2D eigenvalue weighted by Gasteiger charge is 2.34. The van der Waals surface area contributed by atoms with Gasteiger partial charge in [0.2, 0.25) is 0 Å². The zero-order valence-electron chi connectivity index (χ0n) is 15.8. The molecule has 3 atom stereocenters. The third-order valence-electron chi connectivity index (χ3n) is 5.35. The van der Waals surface area contributed by atoms with E-state index < -0.39 is 0 Å². The zero-order chi connectivity index (χ0) is 19.4. The Morgan fingerprint density at radius 1 is 1.22 bits per heavy atom. The second-order valence-electron chi connectivity index (χ2n) is 7.37. The number of nitriles is 1. The summed E-state index contributed by atoms with van der Waals surface area (Å²) in [5.74, 6) is 0.759. The average molecular weight is 360 g/mol. The summed E-state index contributed by atoms with van der Waals surface area (Å²) in [6.45, 7) is 3.94. The first kappa shape index (κ1) is 19.0. The molecule has 138 valence electrons. The summed E-state index contributed by atoms with van der Waals surface area (Å²) in [5, 5.41) is 9.31. The Morgan fingerprint density at radius 3 is 2.52 bits per heavy atom. The molecule has 1 aliphatic carbocycles. The number of pyridine rings is 1. The molecule has 0 spiro atoms. The SMILES string of the molecule is CCC(=O)c1cc(C(=O)C[C@H]2C[C@@H]2C)cc([C@@H](CC#N)c2ccccc2)n1. The van der Waals surface area contributed by atoms with E-state index >= 15 is 0 Å². The van der Waals surface area contributed by atoms with E-state index in [9.17, 15) is 14.9 Å². The lowest BCUT2D eigenvalue weighted by atomic mass is 9.90.